The molecule has 0 aliphatic carbocycles. The van der Waals surface area contributed by atoms with Crippen LogP contribution in [0, 0.1) is 5.92 Å². The minimum Gasteiger partial charge on any atom is -0.349 e. The number of carbonyl (C=O) groups is 1. The van der Waals surface area contributed by atoms with Crippen LogP contribution in [0.15, 0.2) is 41.8 Å². The average molecular weight is 301 g/mol. The Morgan fingerprint density at radius 2 is 1.86 bits per heavy atom. The number of benzene rings is 1. The summed E-state index contributed by atoms with van der Waals surface area (Å²) < 4.78 is 0. The summed E-state index contributed by atoms with van der Waals surface area (Å²) >= 11 is 1.62. The average Bonchev–Trinajstić information content (AvgIpc) is 2.91. The Balaban J connectivity index is 1.90. The Kier molecular flexibility index (Phi) is 5.57. The predicted molar refractivity (Wildman–Crippen MR) is 89.6 cm³/mol. The van der Waals surface area contributed by atoms with E-state index in [2.05, 4.69) is 43.4 Å². The first-order chi connectivity index (χ1) is 10.0. The van der Waals surface area contributed by atoms with Crippen molar-refractivity contribution in [3.05, 3.63) is 57.8 Å². The van der Waals surface area contributed by atoms with Crippen molar-refractivity contribution in [1.29, 1.82) is 0 Å². The van der Waals surface area contributed by atoms with Crippen LogP contribution in [-0.2, 0) is 17.6 Å². The van der Waals surface area contributed by atoms with Gasteiger partial charge < -0.3 is 5.32 Å². The Hall–Kier alpha value is -1.61. The number of carbonyl (C=O) groups excluding carboxylic acids is 1. The molecule has 0 saturated carbocycles. The Bertz CT molecular complexity index is 557. The van der Waals surface area contributed by atoms with Crippen LogP contribution in [0.2, 0.25) is 0 Å². The van der Waals surface area contributed by atoms with Gasteiger partial charge in [-0.05, 0) is 41.8 Å². The quantitative estimate of drug-likeness (QED) is 0.843. The molecule has 1 heterocycles. The number of hydrogen-bond acceptors (Lipinski definition) is 2. The summed E-state index contributed by atoms with van der Waals surface area (Å²) in [6.45, 7) is 6.48. The fourth-order valence-electron chi connectivity index (χ4n) is 2.36. The van der Waals surface area contributed by atoms with Gasteiger partial charge in [-0.1, -0.05) is 44.2 Å². The van der Waals surface area contributed by atoms with E-state index in [9.17, 15) is 4.79 Å². The van der Waals surface area contributed by atoms with Gasteiger partial charge in [-0.3, -0.25) is 4.79 Å². The first kappa shape index (κ1) is 15.8. The molecule has 2 nitrogen and oxygen atoms in total. The van der Waals surface area contributed by atoms with Crippen molar-refractivity contribution in [2.24, 2.45) is 5.92 Å². The minimum atomic E-state index is 0.0468. The highest BCUT2D eigenvalue weighted by Crippen LogP contribution is 2.16. The highest BCUT2D eigenvalue weighted by atomic mass is 32.1. The van der Waals surface area contributed by atoms with E-state index in [1.54, 1.807) is 11.3 Å². The van der Waals surface area contributed by atoms with Crippen LogP contribution in [-0.4, -0.2) is 5.91 Å². The number of hydrogen-bond donors (Lipinski definition) is 1. The number of thiophene rings is 1. The third kappa shape index (κ3) is 5.01. The fourth-order valence-corrected chi connectivity index (χ4v) is 3.06. The fraction of sp³-hybridized carbons (Fsp3) is 0.389. The van der Waals surface area contributed by atoms with Crippen LogP contribution >= 0.6 is 11.3 Å². The van der Waals surface area contributed by atoms with E-state index in [-0.39, 0.29) is 11.9 Å². The lowest BCUT2D eigenvalue weighted by Crippen LogP contribution is -2.27. The van der Waals surface area contributed by atoms with E-state index < -0.39 is 0 Å². The molecule has 0 aliphatic heterocycles. The molecular weight excluding hydrogens is 278 g/mol. The lowest BCUT2D eigenvalue weighted by molar-refractivity contribution is -0.121. The number of amides is 1. The maximum absolute atomic E-state index is 12.0. The first-order valence-corrected chi connectivity index (χ1v) is 8.33. The van der Waals surface area contributed by atoms with Crippen molar-refractivity contribution in [1.82, 2.24) is 5.32 Å². The second-order valence-corrected chi connectivity index (χ2v) is 6.92. The number of nitrogens with one attached hydrogen (secondary N) is 1. The molecule has 2 aromatic rings. The molecule has 1 amide bonds. The normalized spacial score (nSPS) is 12.4. The van der Waals surface area contributed by atoms with Crippen molar-refractivity contribution >= 4 is 17.2 Å². The molecule has 3 heteroatoms. The zero-order valence-electron chi connectivity index (χ0n) is 12.9. The summed E-state index contributed by atoms with van der Waals surface area (Å²) in [5.74, 6) is 0.745. The van der Waals surface area contributed by atoms with E-state index in [0.717, 1.165) is 16.9 Å². The van der Waals surface area contributed by atoms with Crippen LogP contribution < -0.4 is 5.32 Å². The second-order valence-electron chi connectivity index (χ2n) is 5.88. The maximum Gasteiger partial charge on any atom is 0.225 e. The van der Waals surface area contributed by atoms with Gasteiger partial charge >= 0.3 is 0 Å². The molecule has 0 aliphatic rings. The zero-order chi connectivity index (χ0) is 15.2. The molecule has 1 aromatic heterocycles. The second kappa shape index (κ2) is 7.41. The van der Waals surface area contributed by atoms with Crippen LogP contribution in [0.3, 0.4) is 0 Å². The van der Waals surface area contributed by atoms with Crippen molar-refractivity contribution in [3.63, 3.8) is 0 Å². The summed E-state index contributed by atoms with van der Waals surface area (Å²) in [5.41, 5.74) is 2.51. The Morgan fingerprint density at radius 3 is 2.43 bits per heavy atom. The molecule has 0 unspecified atom stereocenters. The summed E-state index contributed by atoms with van der Waals surface area (Å²) in [7, 11) is 0. The van der Waals surface area contributed by atoms with Crippen molar-refractivity contribution in [3.8, 4) is 0 Å². The molecule has 21 heavy (non-hydrogen) atoms. The molecule has 112 valence electrons. The molecule has 0 fully saturated rings. The van der Waals surface area contributed by atoms with E-state index in [1.807, 2.05) is 24.4 Å². The van der Waals surface area contributed by atoms with Gasteiger partial charge in [-0.2, -0.15) is 0 Å². The molecule has 0 radical (unpaired) electrons. The third-order valence-electron chi connectivity index (χ3n) is 3.42. The van der Waals surface area contributed by atoms with Crippen LogP contribution in [0.4, 0.5) is 0 Å². The van der Waals surface area contributed by atoms with Crippen LogP contribution in [0.25, 0.3) is 0 Å². The molecule has 1 N–H and O–H groups in total. The van der Waals surface area contributed by atoms with Gasteiger partial charge in [0.05, 0.1) is 12.5 Å². The van der Waals surface area contributed by atoms with E-state index in [4.69, 9.17) is 0 Å². The van der Waals surface area contributed by atoms with Gasteiger partial charge in [-0.25, -0.2) is 0 Å². The lowest BCUT2D eigenvalue weighted by atomic mass is 10.00. The smallest absolute Gasteiger partial charge is 0.225 e. The van der Waals surface area contributed by atoms with Gasteiger partial charge in [0, 0.05) is 4.88 Å². The van der Waals surface area contributed by atoms with Crippen molar-refractivity contribution in [2.75, 3.05) is 0 Å². The molecular formula is C18H23NOS. The molecule has 0 spiro atoms. The zero-order valence-corrected chi connectivity index (χ0v) is 13.7. The summed E-state index contributed by atoms with van der Waals surface area (Å²) in [6.07, 6.45) is 1.56. The predicted octanol–water partition coefficient (Wildman–Crippen LogP) is 4.37. The summed E-state index contributed by atoms with van der Waals surface area (Å²) in [5, 5.41) is 5.06. The largest absolute Gasteiger partial charge is 0.349 e. The highest BCUT2D eigenvalue weighted by Gasteiger charge is 2.10. The maximum atomic E-state index is 12.0. The van der Waals surface area contributed by atoms with Gasteiger partial charge in [0.1, 0.15) is 0 Å². The minimum absolute atomic E-state index is 0.0468. The van der Waals surface area contributed by atoms with E-state index in [1.165, 1.54) is 5.56 Å². The lowest BCUT2D eigenvalue weighted by Gasteiger charge is -2.15. The third-order valence-corrected chi connectivity index (χ3v) is 4.29. The Labute approximate surface area is 131 Å². The molecule has 1 atom stereocenters. The summed E-state index contributed by atoms with van der Waals surface area (Å²) in [4.78, 5) is 13.1. The molecule has 0 bridgehead atoms. The topological polar surface area (TPSA) is 29.1 Å². The van der Waals surface area contributed by atoms with Gasteiger partial charge in [-0.15, -0.1) is 11.3 Å². The van der Waals surface area contributed by atoms with Gasteiger partial charge in [0.25, 0.3) is 0 Å². The summed E-state index contributed by atoms with van der Waals surface area (Å²) in [6, 6.07) is 12.6. The Morgan fingerprint density at radius 1 is 1.14 bits per heavy atom. The van der Waals surface area contributed by atoms with E-state index >= 15 is 0 Å². The SMILES string of the molecule is CC(C)Cc1ccc([C@H](C)NC(=O)Cc2cccs2)cc1. The molecule has 1 aromatic carbocycles. The van der Waals surface area contributed by atoms with Gasteiger partial charge in [0.15, 0.2) is 0 Å². The number of rotatable bonds is 6. The van der Waals surface area contributed by atoms with Crippen LogP contribution in [0.5, 0.6) is 0 Å². The molecule has 0 saturated heterocycles. The van der Waals surface area contributed by atoms with Crippen molar-refractivity contribution in [2.45, 2.75) is 39.7 Å². The molecule has 2 rings (SSSR count). The monoisotopic (exact) mass is 301 g/mol. The van der Waals surface area contributed by atoms with Crippen LogP contribution in [0.1, 0.15) is 42.8 Å². The van der Waals surface area contributed by atoms with E-state index in [0.29, 0.717) is 12.3 Å². The first-order valence-electron chi connectivity index (χ1n) is 7.45. The highest BCUT2D eigenvalue weighted by molar-refractivity contribution is 7.10. The van der Waals surface area contributed by atoms with Crippen molar-refractivity contribution < 1.29 is 4.79 Å². The van der Waals surface area contributed by atoms with Gasteiger partial charge in [0.2, 0.25) is 5.91 Å². The standard InChI is InChI=1S/C18H23NOS/c1-13(2)11-15-6-8-16(9-7-15)14(3)19-18(20)12-17-5-4-10-21-17/h4-10,13-14H,11-12H2,1-3H3,(H,19,20)/t14-/m0/s1.